The largest absolute Gasteiger partial charge is 0.377 e. The molecule has 1 heterocycles. The number of pyridine rings is 1. The van der Waals surface area contributed by atoms with Gasteiger partial charge in [0.25, 0.3) is 0 Å². The van der Waals surface area contributed by atoms with Crippen molar-refractivity contribution in [2.45, 2.75) is 11.5 Å². The maximum absolute atomic E-state index is 15.6. The zero-order valence-corrected chi connectivity index (χ0v) is 18.0. The second kappa shape index (κ2) is 10.2. The molecule has 1 aromatic heterocycles. The van der Waals surface area contributed by atoms with Crippen LogP contribution in [-0.4, -0.2) is 28.0 Å². The highest BCUT2D eigenvalue weighted by molar-refractivity contribution is 5.54. The molecule has 7 nitrogen and oxygen atoms in total. The van der Waals surface area contributed by atoms with E-state index in [1.807, 2.05) is 6.07 Å². The molecule has 0 saturated carbocycles. The molecule has 0 aliphatic heterocycles. The first kappa shape index (κ1) is 25.2. The first-order chi connectivity index (χ1) is 16.6. The Labute approximate surface area is 197 Å². The molecule has 2 aromatic carbocycles. The fourth-order valence-corrected chi connectivity index (χ4v) is 3.21. The summed E-state index contributed by atoms with van der Waals surface area (Å²) in [5, 5.41) is 23.5. The Balaban J connectivity index is 1.98. The molecule has 0 radical (unpaired) electrons. The maximum Gasteiger partial charge on any atom is 0.323 e. The minimum Gasteiger partial charge on any atom is -0.377 e. The fourth-order valence-electron chi connectivity index (χ4n) is 3.21. The van der Waals surface area contributed by atoms with Gasteiger partial charge in [0.05, 0.1) is 18.2 Å². The van der Waals surface area contributed by atoms with E-state index in [0.717, 1.165) is 24.7 Å². The van der Waals surface area contributed by atoms with Gasteiger partial charge in [-0.2, -0.15) is 19.1 Å². The number of hydrogen-bond acceptors (Lipinski definition) is 6. The van der Waals surface area contributed by atoms with Crippen LogP contribution < -0.4 is 11.7 Å². The smallest absolute Gasteiger partial charge is 0.323 e. The molecule has 0 fully saturated rings. The third-order valence-electron chi connectivity index (χ3n) is 4.97. The van der Waals surface area contributed by atoms with Gasteiger partial charge in [-0.25, -0.2) is 14.6 Å². The van der Waals surface area contributed by atoms with Gasteiger partial charge in [-0.15, -0.1) is 0 Å². The Hall–Kier alpha value is -4.45. The molecule has 3 aromatic rings. The van der Waals surface area contributed by atoms with E-state index in [1.165, 1.54) is 6.07 Å². The predicted molar refractivity (Wildman–Crippen MR) is 119 cm³/mol. The molecule has 1 unspecified atom stereocenters. The van der Waals surface area contributed by atoms with E-state index in [4.69, 9.17) is 16.9 Å². The van der Waals surface area contributed by atoms with Crippen molar-refractivity contribution in [3.63, 3.8) is 0 Å². The zero-order chi connectivity index (χ0) is 25.6. The summed E-state index contributed by atoms with van der Waals surface area (Å²) < 4.78 is 59.2. The van der Waals surface area contributed by atoms with Gasteiger partial charge in [-0.05, 0) is 48.5 Å². The lowest BCUT2D eigenvalue weighted by Crippen LogP contribution is -2.53. The average molecular weight is 482 g/mol. The number of aromatic nitrogens is 1. The van der Waals surface area contributed by atoms with E-state index in [9.17, 15) is 13.9 Å². The van der Waals surface area contributed by atoms with E-state index in [-0.39, 0.29) is 5.56 Å². The third kappa shape index (κ3) is 5.38. The number of nitrogens with zero attached hydrogens (tertiary/aromatic N) is 4. The molecule has 35 heavy (non-hydrogen) atoms. The quantitative estimate of drug-likeness (QED) is 0.124. The van der Waals surface area contributed by atoms with Crippen molar-refractivity contribution in [2.75, 3.05) is 6.54 Å². The highest BCUT2D eigenvalue weighted by Gasteiger charge is 2.58. The van der Waals surface area contributed by atoms with E-state index >= 15 is 8.78 Å². The number of rotatable bonds is 6. The SMILES string of the molecule is N#Cc1ccc(C#Cc2ccc(C(F)(F)C(O)(CN(N)/C=N\N)c3ccc(F)cc3F)nc2)cc1. The second-order valence-electron chi connectivity index (χ2n) is 7.37. The summed E-state index contributed by atoms with van der Waals surface area (Å²) in [5.41, 5.74) is -3.78. The normalized spacial score (nSPS) is 12.9. The van der Waals surface area contributed by atoms with E-state index in [2.05, 4.69) is 21.9 Å². The molecule has 1 atom stereocenters. The summed E-state index contributed by atoms with van der Waals surface area (Å²) in [6, 6.07) is 12.4. The van der Waals surface area contributed by atoms with E-state index in [0.29, 0.717) is 28.3 Å². The molecular formula is C24H18F4N6O. The third-order valence-corrected chi connectivity index (χ3v) is 4.97. The first-order valence-corrected chi connectivity index (χ1v) is 9.90. The van der Waals surface area contributed by atoms with Crippen LogP contribution in [0.5, 0.6) is 0 Å². The summed E-state index contributed by atoms with van der Waals surface area (Å²) in [7, 11) is 0. The second-order valence-corrected chi connectivity index (χ2v) is 7.37. The summed E-state index contributed by atoms with van der Waals surface area (Å²) in [6.45, 7) is -1.06. The molecule has 0 aliphatic rings. The molecule has 0 aliphatic carbocycles. The summed E-state index contributed by atoms with van der Waals surface area (Å²) in [5.74, 6) is 9.46. The first-order valence-electron chi connectivity index (χ1n) is 9.90. The van der Waals surface area contributed by atoms with Crippen molar-refractivity contribution in [3.05, 3.63) is 100 Å². The summed E-state index contributed by atoms with van der Waals surface area (Å²) in [6.07, 6.45) is 1.81. The number of hydrazone groups is 1. The van der Waals surface area contributed by atoms with Crippen molar-refractivity contribution in [1.82, 2.24) is 9.99 Å². The number of hydrogen-bond donors (Lipinski definition) is 3. The zero-order valence-electron chi connectivity index (χ0n) is 18.0. The summed E-state index contributed by atoms with van der Waals surface area (Å²) >= 11 is 0. The Bertz CT molecular complexity index is 1330. The predicted octanol–water partition coefficient (Wildman–Crippen LogP) is 2.69. The molecular weight excluding hydrogens is 464 g/mol. The highest BCUT2D eigenvalue weighted by atomic mass is 19.3. The molecule has 3 rings (SSSR count). The lowest BCUT2D eigenvalue weighted by Gasteiger charge is -2.37. The van der Waals surface area contributed by atoms with Crippen molar-refractivity contribution in [1.29, 1.82) is 5.26 Å². The van der Waals surface area contributed by atoms with Crippen molar-refractivity contribution < 1.29 is 22.7 Å². The Kier molecular flexibility index (Phi) is 7.35. The van der Waals surface area contributed by atoms with E-state index in [1.54, 1.807) is 24.3 Å². The Morgan fingerprint density at radius 1 is 1.03 bits per heavy atom. The highest BCUT2D eigenvalue weighted by Crippen LogP contribution is 2.45. The number of aliphatic hydroxyl groups is 1. The average Bonchev–Trinajstić information content (AvgIpc) is 2.83. The van der Waals surface area contributed by atoms with Crippen molar-refractivity contribution in [3.8, 4) is 17.9 Å². The number of halogens is 4. The Morgan fingerprint density at radius 2 is 1.66 bits per heavy atom. The molecule has 11 heteroatoms. The van der Waals surface area contributed by atoms with Crippen molar-refractivity contribution >= 4 is 6.34 Å². The maximum atomic E-state index is 15.6. The lowest BCUT2D eigenvalue weighted by molar-refractivity contribution is -0.203. The number of hydrazine groups is 1. The van der Waals surface area contributed by atoms with Gasteiger partial charge in [0.15, 0.2) is 5.60 Å². The molecule has 0 amide bonds. The number of alkyl halides is 2. The molecule has 0 saturated heterocycles. The van der Waals surface area contributed by atoms with Crippen LogP contribution in [0.3, 0.4) is 0 Å². The number of nitrogens with two attached hydrogens (primary N) is 2. The van der Waals surface area contributed by atoms with Gasteiger partial charge in [-0.3, -0.25) is 9.99 Å². The Morgan fingerprint density at radius 3 is 2.23 bits per heavy atom. The molecule has 0 spiro atoms. The van der Waals surface area contributed by atoms with Gasteiger partial charge < -0.3 is 10.9 Å². The van der Waals surface area contributed by atoms with Crippen LogP contribution in [0.1, 0.15) is 27.9 Å². The van der Waals surface area contributed by atoms with Gasteiger partial charge >= 0.3 is 5.92 Å². The standard InChI is InChI=1S/C24H18F4N6O/c25-19-8-9-20(21(26)11-19)23(35,14-34(31)15-33-30)24(27,28)22-10-7-18(13-32-22)6-3-16-1-4-17(12-29)5-2-16/h1-2,4-5,7-11,13,15,35H,14,30-31H2/b33-15-. The monoisotopic (exact) mass is 482 g/mol. The molecule has 0 bridgehead atoms. The van der Waals surface area contributed by atoms with Crippen LogP contribution in [0.4, 0.5) is 17.6 Å². The molecule has 5 N–H and O–H groups in total. The van der Waals surface area contributed by atoms with E-state index < -0.39 is 41.0 Å². The summed E-state index contributed by atoms with van der Waals surface area (Å²) in [4.78, 5) is 3.71. The number of benzene rings is 2. The van der Waals surface area contributed by atoms with Gasteiger partial charge in [0.2, 0.25) is 0 Å². The van der Waals surface area contributed by atoms with Crippen LogP contribution in [-0.2, 0) is 11.5 Å². The van der Waals surface area contributed by atoms with Crippen LogP contribution in [0.15, 0.2) is 65.9 Å². The van der Waals surface area contributed by atoms with Crippen LogP contribution >= 0.6 is 0 Å². The van der Waals surface area contributed by atoms with Gasteiger partial charge in [0.1, 0.15) is 23.7 Å². The van der Waals surface area contributed by atoms with Crippen LogP contribution in [0.25, 0.3) is 0 Å². The molecule has 178 valence electrons. The van der Waals surface area contributed by atoms with Gasteiger partial charge in [-0.1, -0.05) is 11.8 Å². The van der Waals surface area contributed by atoms with Crippen LogP contribution in [0, 0.1) is 34.8 Å². The van der Waals surface area contributed by atoms with Crippen LogP contribution in [0.2, 0.25) is 0 Å². The van der Waals surface area contributed by atoms with Crippen molar-refractivity contribution in [2.24, 2.45) is 16.8 Å². The fraction of sp³-hybridized carbons (Fsp3) is 0.125. The topological polar surface area (TPSA) is 125 Å². The lowest BCUT2D eigenvalue weighted by atomic mass is 9.84. The minimum absolute atomic E-state index is 0.279. The number of nitriles is 1. The minimum atomic E-state index is -4.20. The van der Waals surface area contributed by atoms with Gasteiger partial charge in [0, 0.05) is 29.0 Å².